The van der Waals surface area contributed by atoms with Crippen LogP contribution in [-0.4, -0.2) is 65.7 Å². The first-order valence-corrected chi connectivity index (χ1v) is 10.4. The SMILES string of the molecule is CN(C)C(=O)CN=C(NCCc1ccccc1)N(C)Cc1cnn(-c2ccccc2)c1.I. The van der Waals surface area contributed by atoms with E-state index in [4.69, 9.17) is 0 Å². The highest BCUT2D eigenvalue weighted by Gasteiger charge is 2.11. The van der Waals surface area contributed by atoms with Crippen molar-refractivity contribution in [1.82, 2.24) is 24.9 Å². The molecule has 0 unspecified atom stereocenters. The Balaban J connectivity index is 0.00000363. The van der Waals surface area contributed by atoms with Gasteiger partial charge in [0, 0.05) is 46.0 Å². The van der Waals surface area contributed by atoms with Gasteiger partial charge in [-0.15, -0.1) is 24.0 Å². The highest BCUT2D eigenvalue weighted by molar-refractivity contribution is 14.0. The summed E-state index contributed by atoms with van der Waals surface area (Å²) in [5, 5.41) is 7.87. The normalized spacial score (nSPS) is 10.9. The summed E-state index contributed by atoms with van der Waals surface area (Å²) in [6.07, 6.45) is 4.75. The third-order valence-corrected chi connectivity index (χ3v) is 4.84. The van der Waals surface area contributed by atoms with Gasteiger partial charge in [-0.3, -0.25) is 4.79 Å². The molecule has 1 aromatic heterocycles. The van der Waals surface area contributed by atoms with E-state index >= 15 is 0 Å². The van der Waals surface area contributed by atoms with E-state index in [0.29, 0.717) is 12.5 Å². The third kappa shape index (κ3) is 7.67. The Morgan fingerprint density at radius 1 is 1.00 bits per heavy atom. The molecule has 2 aromatic carbocycles. The molecule has 0 aliphatic carbocycles. The fourth-order valence-electron chi connectivity index (χ4n) is 3.07. The molecule has 0 fully saturated rings. The van der Waals surface area contributed by atoms with Crippen LogP contribution < -0.4 is 5.32 Å². The van der Waals surface area contributed by atoms with Gasteiger partial charge in [-0.2, -0.15) is 5.10 Å². The van der Waals surface area contributed by atoms with Crippen molar-refractivity contribution in [2.75, 3.05) is 34.2 Å². The molecule has 1 amide bonds. The third-order valence-electron chi connectivity index (χ3n) is 4.84. The molecule has 3 rings (SSSR count). The fraction of sp³-hybridized carbons (Fsp3) is 0.292. The summed E-state index contributed by atoms with van der Waals surface area (Å²) in [7, 11) is 5.44. The number of benzene rings is 2. The van der Waals surface area contributed by atoms with Crippen molar-refractivity contribution in [2.24, 2.45) is 4.99 Å². The van der Waals surface area contributed by atoms with Gasteiger partial charge in [0.05, 0.1) is 11.9 Å². The highest BCUT2D eigenvalue weighted by atomic mass is 127. The second-order valence-corrected chi connectivity index (χ2v) is 7.58. The molecule has 0 radical (unpaired) electrons. The molecule has 32 heavy (non-hydrogen) atoms. The van der Waals surface area contributed by atoms with Gasteiger partial charge in [0.25, 0.3) is 0 Å². The molecular formula is C24H31IN6O. The zero-order chi connectivity index (χ0) is 22.1. The first kappa shape index (κ1) is 25.4. The highest BCUT2D eigenvalue weighted by Crippen LogP contribution is 2.09. The van der Waals surface area contributed by atoms with Crippen molar-refractivity contribution in [3.63, 3.8) is 0 Å². The smallest absolute Gasteiger partial charge is 0.243 e. The van der Waals surface area contributed by atoms with Crippen molar-refractivity contribution in [3.05, 3.63) is 84.2 Å². The number of carbonyl (C=O) groups excluding carboxylic acids is 1. The maximum atomic E-state index is 12.0. The van der Waals surface area contributed by atoms with Crippen molar-refractivity contribution in [1.29, 1.82) is 0 Å². The van der Waals surface area contributed by atoms with Gasteiger partial charge >= 0.3 is 0 Å². The zero-order valence-corrected chi connectivity index (χ0v) is 21.1. The van der Waals surface area contributed by atoms with Crippen LogP contribution in [0.15, 0.2) is 78.0 Å². The molecule has 0 bridgehead atoms. The van der Waals surface area contributed by atoms with E-state index in [1.54, 1.807) is 19.0 Å². The average Bonchev–Trinajstić information content (AvgIpc) is 3.25. The molecule has 0 aliphatic heterocycles. The predicted molar refractivity (Wildman–Crippen MR) is 140 cm³/mol. The molecule has 0 atom stereocenters. The van der Waals surface area contributed by atoms with Crippen LogP contribution in [-0.2, 0) is 17.8 Å². The number of halogens is 1. The Bertz CT molecular complexity index is 988. The van der Waals surface area contributed by atoms with E-state index in [1.165, 1.54) is 5.56 Å². The Morgan fingerprint density at radius 3 is 2.31 bits per heavy atom. The van der Waals surface area contributed by atoms with E-state index in [-0.39, 0.29) is 36.4 Å². The average molecular weight is 546 g/mol. The summed E-state index contributed by atoms with van der Waals surface area (Å²) in [4.78, 5) is 20.2. The standard InChI is InChI=1S/C24H30N6O.HI/c1-28(2)23(31)17-26-24(25-15-14-20-10-6-4-7-11-20)29(3)18-21-16-27-30(19-21)22-12-8-5-9-13-22;/h4-13,16,19H,14-15,17-18H2,1-3H3,(H,25,26);1H. The molecule has 1 N–H and O–H groups in total. The molecule has 170 valence electrons. The lowest BCUT2D eigenvalue weighted by Crippen LogP contribution is -2.40. The van der Waals surface area contributed by atoms with Crippen molar-refractivity contribution in [2.45, 2.75) is 13.0 Å². The Kier molecular flexibility index (Phi) is 10.2. The maximum Gasteiger partial charge on any atom is 0.243 e. The lowest BCUT2D eigenvalue weighted by atomic mass is 10.1. The summed E-state index contributed by atoms with van der Waals surface area (Å²) in [6, 6.07) is 20.3. The molecule has 0 aliphatic rings. The summed E-state index contributed by atoms with van der Waals surface area (Å²) in [5.41, 5.74) is 3.33. The van der Waals surface area contributed by atoms with E-state index in [0.717, 1.165) is 24.2 Å². The molecule has 8 heteroatoms. The first-order chi connectivity index (χ1) is 15.0. The molecule has 0 saturated heterocycles. The summed E-state index contributed by atoms with van der Waals surface area (Å²) < 4.78 is 1.86. The van der Waals surface area contributed by atoms with E-state index in [1.807, 2.05) is 77.6 Å². The number of hydrogen-bond donors (Lipinski definition) is 1. The van der Waals surface area contributed by atoms with E-state index in [2.05, 4.69) is 27.5 Å². The topological polar surface area (TPSA) is 65.8 Å². The van der Waals surface area contributed by atoms with Crippen LogP contribution >= 0.6 is 24.0 Å². The minimum absolute atomic E-state index is 0. The molecular weight excluding hydrogens is 515 g/mol. The number of nitrogens with one attached hydrogen (secondary N) is 1. The number of para-hydroxylation sites is 1. The summed E-state index contributed by atoms with van der Waals surface area (Å²) in [5.74, 6) is 0.659. The van der Waals surface area contributed by atoms with Crippen molar-refractivity contribution < 1.29 is 4.79 Å². The molecule has 3 aromatic rings. The quantitative estimate of drug-likeness (QED) is 0.268. The largest absolute Gasteiger partial charge is 0.356 e. The number of guanidine groups is 1. The molecule has 7 nitrogen and oxygen atoms in total. The molecule has 0 spiro atoms. The number of nitrogens with zero attached hydrogens (tertiary/aromatic N) is 5. The van der Waals surface area contributed by atoms with Crippen LogP contribution in [0.4, 0.5) is 0 Å². The van der Waals surface area contributed by atoms with E-state index in [9.17, 15) is 4.79 Å². The number of carbonyl (C=O) groups is 1. The first-order valence-electron chi connectivity index (χ1n) is 10.4. The van der Waals surface area contributed by atoms with Crippen LogP contribution in [0, 0.1) is 0 Å². The van der Waals surface area contributed by atoms with Crippen molar-refractivity contribution in [3.8, 4) is 5.69 Å². The van der Waals surface area contributed by atoms with Crippen LogP contribution in [0.25, 0.3) is 5.69 Å². The van der Waals surface area contributed by atoms with Crippen molar-refractivity contribution >= 4 is 35.8 Å². The van der Waals surface area contributed by atoms with Gasteiger partial charge in [0.2, 0.25) is 5.91 Å². The minimum Gasteiger partial charge on any atom is -0.356 e. The van der Waals surface area contributed by atoms with Gasteiger partial charge in [-0.25, -0.2) is 9.67 Å². The van der Waals surface area contributed by atoms with Crippen LogP contribution in [0.2, 0.25) is 0 Å². The van der Waals surface area contributed by atoms with Gasteiger partial charge < -0.3 is 15.1 Å². The summed E-state index contributed by atoms with van der Waals surface area (Å²) in [6.45, 7) is 1.46. The number of rotatable bonds is 8. The van der Waals surface area contributed by atoms with E-state index < -0.39 is 0 Å². The fourth-order valence-corrected chi connectivity index (χ4v) is 3.07. The summed E-state index contributed by atoms with van der Waals surface area (Å²) >= 11 is 0. The van der Waals surface area contributed by atoms with Gasteiger partial charge in [-0.05, 0) is 24.1 Å². The van der Waals surface area contributed by atoms with Gasteiger partial charge in [-0.1, -0.05) is 48.5 Å². The van der Waals surface area contributed by atoms with Crippen LogP contribution in [0.5, 0.6) is 0 Å². The van der Waals surface area contributed by atoms with Gasteiger partial charge in [0.1, 0.15) is 6.54 Å². The zero-order valence-electron chi connectivity index (χ0n) is 18.8. The maximum absolute atomic E-state index is 12.0. The number of aliphatic imine (C=N–C) groups is 1. The lowest BCUT2D eigenvalue weighted by Gasteiger charge is -2.22. The lowest BCUT2D eigenvalue weighted by molar-refractivity contribution is -0.127. The Hall–Kier alpha value is -2.88. The second-order valence-electron chi connectivity index (χ2n) is 7.58. The van der Waals surface area contributed by atoms with Crippen LogP contribution in [0.3, 0.4) is 0 Å². The predicted octanol–water partition coefficient (Wildman–Crippen LogP) is 3.20. The minimum atomic E-state index is -0.0346. The Labute approximate surface area is 207 Å². The van der Waals surface area contributed by atoms with Crippen LogP contribution in [0.1, 0.15) is 11.1 Å². The molecule has 0 saturated carbocycles. The molecule has 1 heterocycles. The second kappa shape index (κ2) is 12.8. The van der Waals surface area contributed by atoms with Gasteiger partial charge in [0.15, 0.2) is 5.96 Å². The number of hydrogen-bond acceptors (Lipinski definition) is 3. The number of likely N-dealkylation sites (N-methyl/N-ethyl adjacent to an activating group) is 1. The Morgan fingerprint density at radius 2 is 1.66 bits per heavy atom. The number of amides is 1. The monoisotopic (exact) mass is 546 g/mol. The number of aromatic nitrogens is 2.